The summed E-state index contributed by atoms with van der Waals surface area (Å²) in [7, 11) is 0. The second-order valence-corrected chi connectivity index (χ2v) is 4.65. The number of fused-ring (bicyclic) bond motifs is 1. The number of nitrogens with zero attached hydrogens (tertiary/aromatic N) is 1. The van der Waals surface area contributed by atoms with Crippen LogP contribution in [0.25, 0.3) is 10.9 Å². The van der Waals surface area contributed by atoms with Crippen molar-refractivity contribution in [3.8, 4) is 0 Å². The SMILES string of the molecule is Cc1cc(Cl)cc2c(=O)c(C(=O)O)cn(CCO)c12. The number of rotatable bonds is 3. The summed E-state index contributed by atoms with van der Waals surface area (Å²) >= 11 is 5.91. The van der Waals surface area contributed by atoms with Gasteiger partial charge in [0.2, 0.25) is 5.43 Å². The van der Waals surface area contributed by atoms with Gasteiger partial charge in [-0.1, -0.05) is 11.6 Å². The quantitative estimate of drug-likeness (QED) is 0.896. The van der Waals surface area contributed by atoms with Gasteiger partial charge in [-0.2, -0.15) is 0 Å². The molecule has 0 saturated heterocycles. The molecule has 2 rings (SSSR count). The molecule has 0 aliphatic carbocycles. The van der Waals surface area contributed by atoms with Crippen LogP contribution in [0.15, 0.2) is 23.1 Å². The molecule has 0 spiro atoms. The number of aliphatic hydroxyl groups is 1. The lowest BCUT2D eigenvalue weighted by atomic mass is 10.1. The molecule has 0 radical (unpaired) electrons. The number of aliphatic hydroxyl groups excluding tert-OH is 1. The summed E-state index contributed by atoms with van der Waals surface area (Å²) in [5, 5.41) is 18.7. The summed E-state index contributed by atoms with van der Waals surface area (Å²) in [6, 6.07) is 3.14. The molecule has 0 amide bonds. The molecule has 100 valence electrons. The number of carbonyl (C=O) groups is 1. The molecule has 0 fully saturated rings. The van der Waals surface area contributed by atoms with E-state index in [0.29, 0.717) is 10.5 Å². The Morgan fingerprint density at radius 3 is 2.68 bits per heavy atom. The number of aromatic carboxylic acids is 1. The van der Waals surface area contributed by atoms with Gasteiger partial charge in [0.15, 0.2) is 0 Å². The molecule has 0 bridgehead atoms. The van der Waals surface area contributed by atoms with Gasteiger partial charge in [-0.05, 0) is 24.6 Å². The molecule has 2 N–H and O–H groups in total. The highest BCUT2D eigenvalue weighted by atomic mass is 35.5. The third kappa shape index (κ3) is 2.34. The largest absolute Gasteiger partial charge is 0.477 e. The molecule has 0 aliphatic heterocycles. The van der Waals surface area contributed by atoms with Gasteiger partial charge in [-0.15, -0.1) is 0 Å². The Balaban J connectivity index is 2.96. The molecule has 0 saturated carbocycles. The first-order valence-corrected chi connectivity index (χ1v) is 6.01. The summed E-state index contributed by atoms with van der Waals surface area (Å²) in [5.41, 5.74) is 0.448. The Morgan fingerprint density at radius 1 is 1.42 bits per heavy atom. The van der Waals surface area contributed by atoms with E-state index in [9.17, 15) is 9.59 Å². The van der Waals surface area contributed by atoms with Gasteiger partial charge in [-0.25, -0.2) is 4.79 Å². The van der Waals surface area contributed by atoms with Gasteiger partial charge in [0.25, 0.3) is 0 Å². The fourth-order valence-electron chi connectivity index (χ4n) is 2.15. The van der Waals surface area contributed by atoms with E-state index < -0.39 is 11.4 Å². The maximum atomic E-state index is 12.1. The Morgan fingerprint density at radius 2 is 2.11 bits per heavy atom. The average Bonchev–Trinajstić information content (AvgIpc) is 2.32. The minimum Gasteiger partial charge on any atom is -0.477 e. The van der Waals surface area contributed by atoms with E-state index >= 15 is 0 Å². The number of carboxylic acid groups (broad SMARTS) is 1. The van der Waals surface area contributed by atoms with E-state index in [1.807, 2.05) is 0 Å². The highest BCUT2D eigenvalue weighted by Gasteiger charge is 2.16. The normalized spacial score (nSPS) is 10.9. The van der Waals surface area contributed by atoms with Crippen LogP contribution in [0.2, 0.25) is 5.02 Å². The number of hydrogen-bond acceptors (Lipinski definition) is 3. The number of hydrogen-bond donors (Lipinski definition) is 2. The smallest absolute Gasteiger partial charge is 0.341 e. The number of aryl methyl sites for hydroxylation is 1. The van der Waals surface area contributed by atoms with Crippen molar-refractivity contribution in [2.45, 2.75) is 13.5 Å². The van der Waals surface area contributed by atoms with E-state index in [-0.39, 0.29) is 24.1 Å². The van der Waals surface area contributed by atoms with Crippen molar-refractivity contribution < 1.29 is 15.0 Å². The number of benzene rings is 1. The lowest BCUT2D eigenvalue weighted by Gasteiger charge is -2.13. The lowest BCUT2D eigenvalue weighted by molar-refractivity contribution is 0.0694. The van der Waals surface area contributed by atoms with E-state index in [0.717, 1.165) is 5.56 Å². The molecule has 19 heavy (non-hydrogen) atoms. The second kappa shape index (κ2) is 5.03. The monoisotopic (exact) mass is 281 g/mol. The van der Waals surface area contributed by atoms with Crippen molar-refractivity contribution in [1.82, 2.24) is 4.57 Å². The standard InChI is InChI=1S/C13H12ClNO4/c1-7-4-8(14)5-9-11(7)15(2-3-16)6-10(12(9)17)13(18)19/h4-6,16H,2-3H2,1H3,(H,18,19). The minimum absolute atomic E-state index is 0.154. The molecule has 0 aliphatic rings. The van der Waals surface area contributed by atoms with E-state index in [4.69, 9.17) is 21.8 Å². The van der Waals surface area contributed by atoms with Gasteiger partial charge >= 0.3 is 5.97 Å². The fraction of sp³-hybridized carbons (Fsp3) is 0.231. The summed E-state index contributed by atoms with van der Waals surface area (Å²) in [5.74, 6) is -1.30. The predicted molar refractivity (Wildman–Crippen MR) is 72.0 cm³/mol. The Kier molecular flexibility index (Phi) is 3.59. The molecule has 5 nitrogen and oxygen atoms in total. The Hall–Kier alpha value is -1.85. The maximum absolute atomic E-state index is 12.1. The summed E-state index contributed by atoms with van der Waals surface area (Å²) in [6.07, 6.45) is 1.25. The third-order valence-corrected chi connectivity index (χ3v) is 3.12. The van der Waals surface area contributed by atoms with Crippen LogP contribution in [0.3, 0.4) is 0 Å². The molecular weight excluding hydrogens is 270 g/mol. The van der Waals surface area contributed by atoms with Gasteiger partial charge < -0.3 is 14.8 Å². The molecule has 2 aromatic rings. The highest BCUT2D eigenvalue weighted by molar-refractivity contribution is 6.31. The van der Waals surface area contributed by atoms with Crippen molar-refractivity contribution in [3.63, 3.8) is 0 Å². The lowest BCUT2D eigenvalue weighted by Crippen LogP contribution is -2.20. The maximum Gasteiger partial charge on any atom is 0.341 e. The zero-order valence-corrected chi connectivity index (χ0v) is 10.9. The second-order valence-electron chi connectivity index (χ2n) is 4.21. The van der Waals surface area contributed by atoms with Crippen molar-refractivity contribution in [3.05, 3.63) is 44.7 Å². The van der Waals surface area contributed by atoms with Crippen molar-refractivity contribution in [2.24, 2.45) is 0 Å². The first-order valence-electron chi connectivity index (χ1n) is 5.63. The molecule has 6 heteroatoms. The van der Waals surface area contributed by atoms with Gasteiger partial charge in [-0.3, -0.25) is 4.79 Å². The molecular formula is C13H12ClNO4. The van der Waals surface area contributed by atoms with E-state index in [1.54, 1.807) is 17.6 Å². The molecule has 1 aromatic heterocycles. The first kappa shape index (κ1) is 13.6. The van der Waals surface area contributed by atoms with Crippen LogP contribution in [0, 0.1) is 6.92 Å². The summed E-state index contributed by atoms with van der Waals surface area (Å²) < 4.78 is 1.56. The molecule has 0 atom stereocenters. The van der Waals surface area contributed by atoms with Crippen LogP contribution in [0.4, 0.5) is 0 Å². The molecule has 1 heterocycles. The van der Waals surface area contributed by atoms with Gasteiger partial charge in [0.05, 0.1) is 12.1 Å². The van der Waals surface area contributed by atoms with Crippen LogP contribution in [0.5, 0.6) is 0 Å². The molecule has 0 unspecified atom stereocenters. The average molecular weight is 282 g/mol. The minimum atomic E-state index is -1.30. The number of carboxylic acids is 1. The predicted octanol–water partition coefficient (Wildman–Crippen LogP) is 1.65. The van der Waals surface area contributed by atoms with E-state index in [1.165, 1.54) is 12.3 Å². The summed E-state index contributed by atoms with van der Waals surface area (Å²) in [6.45, 7) is 1.83. The zero-order valence-electron chi connectivity index (χ0n) is 10.2. The number of halogens is 1. The van der Waals surface area contributed by atoms with Gasteiger partial charge in [0, 0.05) is 23.2 Å². The van der Waals surface area contributed by atoms with Crippen LogP contribution < -0.4 is 5.43 Å². The summed E-state index contributed by atoms with van der Waals surface area (Å²) in [4.78, 5) is 23.2. The Bertz CT molecular complexity index is 721. The van der Waals surface area contributed by atoms with Gasteiger partial charge in [0.1, 0.15) is 5.56 Å². The number of aromatic nitrogens is 1. The highest BCUT2D eigenvalue weighted by Crippen LogP contribution is 2.22. The van der Waals surface area contributed by atoms with Crippen LogP contribution in [-0.2, 0) is 6.54 Å². The zero-order chi connectivity index (χ0) is 14.2. The van der Waals surface area contributed by atoms with Crippen molar-refractivity contribution in [2.75, 3.05) is 6.61 Å². The van der Waals surface area contributed by atoms with E-state index in [2.05, 4.69) is 0 Å². The van der Waals surface area contributed by atoms with Crippen LogP contribution >= 0.6 is 11.6 Å². The topological polar surface area (TPSA) is 79.5 Å². The van der Waals surface area contributed by atoms with Crippen molar-refractivity contribution in [1.29, 1.82) is 0 Å². The first-order chi connectivity index (χ1) is 8.95. The van der Waals surface area contributed by atoms with Crippen LogP contribution in [-0.4, -0.2) is 27.4 Å². The van der Waals surface area contributed by atoms with Crippen molar-refractivity contribution >= 4 is 28.5 Å². The third-order valence-electron chi connectivity index (χ3n) is 2.90. The van der Waals surface area contributed by atoms with Crippen LogP contribution in [0.1, 0.15) is 15.9 Å². The molecule has 1 aromatic carbocycles. The Labute approximate surface area is 113 Å². The fourth-order valence-corrected chi connectivity index (χ4v) is 2.42. The number of pyridine rings is 1.